The van der Waals surface area contributed by atoms with Gasteiger partial charge in [-0.3, -0.25) is 0 Å². The van der Waals surface area contributed by atoms with Crippen LogP contribution in [0.1, 0.15) is 18.5 Å². The third-order valence-corrected chi connectivity index (χ3v) is 2.48. The predicted molar refractivity (Wildman–Crippen MR) is 57.5 cm³/mol. The Bertz CT molecular complexity index is 306. The highest BCUT2D eigenvalue weighted by Gasteiger charge is 2.08. The van der Waals surface area contributed by atoms with Crippen LogP contribution in [0.15, 0.2) is 22.7 Å². The molecule has 2 N–H and O–H groups in total. The Morgan fingerprint density at radius 3 is 2.86 bits per heavy atom. The van der Waals surface area contributed by atoms with Crippen LogP contribution in [0, 0.1) is 5.82 Å². The minimum absolute atomic E-state index is 0.202. The number of benzene rings is 1. The number of ether oxygens (including phenoxy) is 1. The maximum Gasteiger partial charge on any atom is 0.137 e. The summed E-state index contributed by atoms with van der Waals surface area (Å²) in [7, 11) is 0. The second-order valence-corrected chi connectivity index (χ2v) is 3.79. The van der Waals surface area contributed by atoms with Crippen molar-refractivity contribution in [3.63, 3.8) is 0 Å². The average Bonchev–Trinajstić information content (AvgIpc) is 2.18. The van der Waals surface area contributed by atoms with E-state index in [1.807, 2.05) is 6.92 Å². The molecule has 78 valence electrons. The Morgan fingerprint density at radius 1 is 1.57 bits per heavy atom. The maximum atomic E-state index is 12.9. The Morgan fingerprint density at radius 2 is 2.29 bits per heavy atom. The molecule has 14 heavy (non-hydrogen) atoms. The van der Waals surface area contributed by atoms with Gasteiger partial charge in [-0.1, -0.05) is 6.07 Å². The first-order valence-corrected chi connectivity index (χ1v) is 5.22. The normalized spacial score (nSPS) is 12.9. The summed E-state index contributed by atoms with van der Waals surface area (Å²) in [4.78, 5) is 0. The Balaban J connectivity index is 2.70. The summed E-state index contributed by atoms with van der Waals surface area (Å²) in [6.07, 6.45) is 0. The summed E-state index contributed by atoms with van der Waals surface area (Å²) in [5.74, 6) is -0.280. The maximum absolute atomic E-state index is 12.9. The van der Waals surface area contributed by atoms with E-state index in [2.05, 4.69) is 15.9 Å². The van der Waals surface area contributed by atoms with Gasteiger partial charge in [-0.25, -0.2) is 4.39 Å². The van der Waals surface area contributed by atoms with Crippen molar-refractivity contribution in [3.05, 3.63) is 34.1 Å². The molecular formula is C10H13BrFNO. The van der Waals surface area contributed by atoms with E-state index in [0.717, 1.165) is 5.56 Å². The molecular weight excluding hydrogens is 249 g/mol. The molecule has 1 atom stereocenters. The van der Waals surface area contributed by atoms with Crippen LogP contribution in [-0.2, 0) is 4.74 Å². The molecule has 0 saturated heterocycles. The van der Waals surface area contributed by atoms with Gasteiger partial charge < -0.3 is 10.5 Å². The summed E-state index contributed by atoms with van der Waals surface area (Å²) in [6, 6.07) is 4.54. The average molecular weight is 262 g/mol. The van der Waals surface area contributed by atoms with E-state index >= 15 is 0 Å². The Hall–Kier alpha value is -0.450. The molecule has 0 aliphatic carbocycles. The highest BCUT2D eigenvalue weighted by molar-refractivity contribution is 9.10. The van der Waals surface area contributed by atoms with Gasteiger partial charge in [0.05, 0.1) is 17.1 Å². The summed E-state index contributed by atoms with van der Waals surface area (Å²) in [6.45, 7) is 3.00. The van der Waals surface area contributed by atoms with E-state index in [4.69, 9.17) is 10.5 Å². The molecule has 0 radical (unpaired) electrons. The zero-order chi connectivity index (χ0) is 10.6. The first-order valence-electron chi connectivity index (χ1n) is 4.43. The lowest BCUT2D eigenvalue weighted by Gasteiger charge is -2.12. The van der Waals surface area contributed by atoms with Gasteiger partial charge in [0.1, 0.15) is 5.82 Å². The molecule has 1 aromatic rings. The molecule has 1 rings (SSSR count). The lowest BCUT2D eigenvalue weighted by Crippen LogP contribution is -2.17. The summed E-state index contributed by atoms with van der Waals surface area (Å²) in [5, 5.41) is 0. The summed E-state index contributed by atoms with van der Waals surface area (Å²) < 4.78 is 18.5. The molecule has 0 aromatic heterocycles. The van der Waals surface area contributed by atoms with Crippen molar-refractivity contribution in [1.82, 2.24) is 0 Å². The minimum Gasteiger partial charge on any atom is -0.380 e. The molecule has 0 spiro atoms. The van der Waals surface area contributed by atoms with Gasteiger partial charge >= 0.3 is 0 Å². The highest BCUT2D eigenvalue weighted by Crippen LogP contribution is 2.20. The second kappa shape index (κ2) is 5.44. The van der Waals surface area contributed by atoms with Crippen LogP contribution < -0.4 is 5.73 Å². The topological polar surface area (TPSA) is 35.2 Å². The largest absolute Gasteiger partial charge is 0.380 e. The van der Waals surface area contributed by atoms with Gasteiger partial charge in [0.15, 0.2) is 0 Å². The van der Waals surface area contributed by atoms with Crippen molar-refractivity contribution in [2.45, 2.75) is 13.0 Å². The standard InChI is InChI=1S/C10H13BrFNO/c1-2-14-6-10(13)7-3-4-9(12)8(11)5-7/h3-5,10H,2,6,13H2,1H3. The molecule has 0 fully saturated rings. The van der Waals surface area contributed by atoms with Crippen molar-refractivity contribution in [3.8, 4) is 0 Å². The van der Waals surface area contributed by atoms with E-state index in [-0.39, 0.29) is 11.9 Å². The van der Waals surface area contributed by atoms with Gasteiger partial charge in [-0.05, 0) is 40.5 Å². The number of nitrogens with two attached hydrogens (primary N) is 1. The molecule has 0 amide bonds. The van der Waals surface area contributed by atoms with Crippen LogP contribution in [0.25, 0.3) is 0 Å². The molecule has 0 saturated carbocycles. The zero-order valence-electron chi connectivity index (χ0n) is 7.97. The fraction of sp³-hybridized carbons (Fsp3) is 0.400. The van der Waals surface area contributed by atoms with E-state index in [1.165, 1.54) is 6.07 Å². The number of rotatable bonds is 4. The number of halogens is 2. The third-order valence-electron chi connectivity index (χ3n) is 1.87. The molecule has 0 aliphatic heterocycles. The van der Waals surface area contributed by atoms with E-state index < -0.39 is 0 Å². The van der Waals surface area contributed by atoms with E-state index in [1.54, 1.807) is 12.1 Å². The minimum atomic E-state index is -0.280. The summed E-state index contributed by atoms with van der Waals surface area (Å²) >= 11 is 3.11. The molecule has 0 heterocycles. The van der Waals surface area contributed by atoms with Crippen molar-refractivity contribution in [2.75, 3.05) is 13.2 Å². The Kier molecular flexibility index (Phi) is 4.51. The first-order chi connectivity index (χ1) is 6.65. The fourth-order valence-corrected chi connectivity index (χ4v) is 1.48. The van der Waals surface area contributed by atoms with Crippen LogP contribution in [0.3, 0.4) is 0 Å². The van der Waals surface area contributed by atoms with Crippen LogP contribution in [0.4, 0.5) is 4.39 Å². The molecule has 0 aliphatic rings. The van der Waals surface area contributed by atoms with Gasteiger partial charge in [-0.15, -0.1) is 0 Å². The van der Waals surface area contributed by atoms with E-state index in [9.17, 15) is 4.39 Å². The molecule has 2 nitrogen and oxygen atoms in total. The second-order valence-electron chi connectivity index (χ2n) is 2.94. The molecule has 1 aromatic carbocycles. The quantitative estimate of drug-likeness (QED) is 0.905. The lowest BCUT2D eigenvalue weighted by atomic mass is 10.1. The first kappa shape index (κ1) is 11.6. The van der Waals surface area contributed by atoms with Crippen LogP contribution in [-0.4, -0.2) is 13.2 Å². The molecule has 4 heteroatoms. The Labute approximate surface area is 91.4 Å². The number of hydrogen-bond acceptors (Lipinski definition) is 2. The zero-order valence-corrected chi connectivity index (χ0v) is 9.55. The summed E-state index contributed by atoms with van der Waals surface area (Å²) in [5.41, 5.74) is 6.70. The predicted octanol–water partition coefficient (Wildman–Crippen LogP) is 2.62. The lowest BCUT2D eigenvalue weighted by molar-refractivity contribution is 0.133. The third kappa shape index (κ3) is 3.04. The van der Waals surface area contributed by atoms with Crippen LogP contribution in [0.2, 0.25) is 0 Å². The van der Waals surface area contributed by atoms with Crippen molar-refractivity contribution in [1.29, 1.82) is 0 Å². The molecule has 0 bridgehead atoms. The van der Waals surface area contributed by atoms with Crippen molar-refractivity contribution in [2.24, 2.45) is 5.73 Å². The smallest absolute Gasteiger partial charge is 0.137 e. The van der Waals surface area contributed by atoms with Gasteiger partial charge in [0, 0.05) is 6.61 Å². The van der Waals surface area contributed by atoms with Gasteiger partial charge in [0.25, 0.3) is 0 Å². The number of hydrogen-bond donors (Lipinski definition) is 1. The monoisotopic (exact) mass is 261 g/mol. The molecule has 1 unspecified atom stereocenters. The van der Waals surface area contributed by atoms with Crippen LogP contribution in [0.5, 0.6) is 0 Å². The van der Waals surface area contributed by atoms with E-state index in [0.29, 0.717) is 17.7 Å². The van der Waals surface area contributed by atoms with Crippen LogP contribution >= 0.6 is 15.9 Å². The fourth-order valence-electron chi connectivity index (χ4n) is 1.08. The van der Waals surface area contributed by atoms with Crippen molar-refractivity contribution < 1.29 is 9.13 Å². The van der Waals surface area contributed by atoms with Gasteiger partial charge in [0.2, 0.25) is 0 Å². The highest BCUT2D eigenvalue weighted by atomic mass is 79.9. The van der Waals surface area contributed by atoms with Gasteiger partial charge in [-0.2, -0.15) is 0 Å². The van der Waals surface area contributed by atoms with Crippen molar-refractivity contribution >= 4 is 15.9 Å². The SMILES string of the molecule is CCOCC(N)c1ccc(F)c(Br)c1.